The average Bonchev–Trinajstić information content (AvgIpc) is 2.25. The van der Waals surface area contributed by atoms with Gasteiger partial charge < -0.3 is 5.32 Å². The van der Waals surface area contributed by atoms with Crippen LogP contribution < -0.4 is 5.32 Å². The summed E-state index contributed by atoms with van der Waals surface area (Å²) in [5, 5.41) is 3.67. The minimum Gasteiger partial charge on any atom is -0.365 e. The number of aromatic nitrogens is 1. The first-order valence-electron chi connectivity index (χ1n) is 5.37. The van der Waals surface area contributed by atoms with E-state index in [1.165, 1.54) is 12.3 Å². The lowest BCUT2D eigenvalue weighted by atomic mass is 9.95. The van der Waals surface area contributed by atoms with Gasteiger partial charge in [-0.1, -0.05) is 11.6 Å². The molecular weight excluding hydrogens is 250 g/mol. The van der Waals surface area contributed by atoms with Crippen LogP contribution in [0, 0.1) is 5.82 Å². The number of halogens is 3. The zero-order chi connectivity index (χ0) is 11.5. The molecule has 1 aliphatic carbocycles. The van der Waals surface area contributed by atoms with Crippen LogP contribution in [0.5, 0.6) is 0 Å². The first-order valence-corrected chi connectivity index (χ1v) is 6.18. The molecule has 0 aromatic carbocycles. The van der Waals surface area contributed by atoms with Gasteiger partial charge in [0, 0.05) is 17.6 Å². The summed E-state index contributed by atoms with van der Waals surface area (Å²) in [5.74, 6) is -0.122. The average molecular weight is 263 g/mol. The van der Waals surface area contributed by atoms with Crippen LogP contribution in [-0.2, 0) is 0 Å². The lowest BCUT2D eigenvalue weighted by Gasteiger charge is -2.26. The molecule has 0 atom stereocenters. The van der Waals surface area contributed by atoms with Crippen molar-refractivity contribution in [3.63, 3.8) is 0 Å². The summed E-state index contributed by atoms with van der Waals surface area (Å²) < 4.78 is 13.4. The highest BCUT2D eigenvalue weighted by Crippen LogP contribution is 2.26. The second-order valence-electron chi connectivity index (χ2n) is 4.08. The van der Waals surface area contributed by atoms with E-state index in [-0.39, 0.29) is 17.2 Å². The van der Waals surface area contributed by atoms with E-state index < -0.39 is 5.82 Å². The van der Waals surface area contributed by atoms with Crippen molar-refractivity contribution in [2.45, 2.75) is 37.1 Å². The Morgan fingerprint density at radius 3 is 2.62 bits per heavy atom. The van der Waals surface area contributed by atoms with Crippen molar-refractivity contribution in [2.24, 2.45) is 0 Å². The van der Waals surface area contributed by atoms with Gasteiger partial charge in [0.05, 0.1) is 5.02 Å². The third-order valence-corrected chi connectivity index (χ3v) is 3.45. The second kappa shape index (κ2) is 5.19. The molecule has 88 valence electrons. The highest BCUT2D eigenvalue weighted by Gasteiger charge is 2.20. The Kier molecular flexibility index (Phi) is 3.87. The summed E-state index contributed by atoms with van der Waals surface area (Å²) in [7, 11) is 0. The summed E-state index contributed by atoms with van der Waals surface area (Å²) in [5.41, 5.74) is 0. The Hall–Kier alpha value is -0.540. The van der Waals surface area contributed by atoms with Crippen molar-refractivity contribution in [1.29, 1.82) is 0 Å². The molecule has 1 fully saturated rings. The standard InChI is InChI=1S/C11H13Cl2FN2/c12-7-1-3-9(4-2-7)16-11-10(14)5-8(13)6-15-11/h5-7,9H,1-4H2,(H,15,16). The monoisotopic (exact) mass is 262 g/mol. The molecule has 0 radical (unpaired) electrons. The zero-order valence-corrected chi connectivity index (χ0v) is 10.2. The van der Waals surface area contributed by atoms with Gasteiger partial charge in [-0.2, -0.15) is 0 Å². The van der Waals surface area contributed by atoms with Crippen molar-refractivity contribution in [1.82, 2.24) is 4.98 Å². The molecule has 0 aliphatic heterocycles. The van der Waals surface area contributed by atoms with Gasteiger partial charge in [-0.25, -0.2) is 9.37 Å². The maximum absolute atomic E-state index is 13.4. The van der Waals surface area contributed by atoms with Crippen molar-refractivity contribution >= 4 is 29.0 Å². The topological polar surface area (TPSA) is 24.9 Å². The van der Waals surface area contributed by atoms with E-state index in [9.17, 15) is 4.39 Å². The molecule has 1 aromatic heterocycles. The molecule has 0 unspecified atom stereocenters. The van der Waals surface area contributed by atoms with Gasteiger partial charge in [-0.3, -0.25) is 0 Å². The number of hydrogen-bond donors (Lipinski definition) is 1. The van der Waals surface area contributed by atoms with Crippen LogP contribution in [0.15, 0.2) is 12.3 Å². The van der Waals surface area contributed by atoms with Crippen LogP contribution in [0.4, 0.5) is 10.2 Å². The maximum Gasteiger partial charge on any atom is 0.166 e. The van der Waals surface area contributed by atoms with Gasteiger partial charge in [0.15, 0.2) is 11.6 Å². The fourth-order valence-electron chi connectivity index (χ4n) is 1.91. The lowest BCUT2D eigenvalue weighted by Crippen LogP contribution is -2.27. The van der Waals surface area contributed by atoms with Crippen LogP contribution in [0.3, 0.4) is 0 Å². The first-order chi connectivity index (χ1) is 7.65. The Bertz CT molecular complexity index is 365. The van der Waals surface area contributed by atoms with E-state index >= 15 is 0 Å². The van der Waals surface area contributed by atoms with Crippen molar-refractivity contribution in [2.75, 3.05) is 5.32 Å². The Labute approximate surface area is 104 Å². The van der Waals surface area contributed by atoms with Gasteiger partial charge in [0.1, 0.15) is 0 Å². The zero-order valence-electron chi connectivity index (χ0n) is 8.72. The fourth-order valence-corrected chi connectivity index (χ4v) is 2.31. The number of pyridine rings is 1. The van der Waals surface area contributed by atoms with Crippen molar-refractivity contribution in [3.8, 4) is 0 Å². The smallest absolute Gasteiger partial charge is 0.166 e. The van der Waals surface area contributed by atoms with Crippen molar-refractivity contribution in [3.05, 3.63) is 23.1 Å². The van der Waals surface area contributed by atoms with E-state index in [1.807, 2.05) is 0 Å². The van der Waals surface area contributed by atoms with E-state index in [0.717, 1.165) is 25.7 Å². The molecule has 1 aliphatic rings. The summed E-state index contributed by atoms with van der Waals surface area (Å²) in [6.07, 6.45) is 5.29. The first kappa shape index (κ1) is 11.9. The maximum atomic E-state index is 13.4. The quantitative estimate of drug-likeness (QED) is 0.820. The third-order valence-electron chi connectivity index (χ3n) is 2.81. The number of nitrogens with zero attached hydrogens (tertiary/aromatic N) is 1. The minimum atomic E-state index is -0.402. The molecule has 2 rings (SSSR count). The number of anilines is 1. The molecule has 2 nitrogen and oxygen atoms in total. The predicted octanol–water partition coefficient (Wildman–Crippen LogP) is 3.84. The van der Waals surface area contributed by atoms with E-state index in [0.29, 0.717) is 5.02 Å². The van der Waals surface area contributed by atoms with E-state index in [1.54, 1.807) is 0 Å². The molecule has 1 aromatic rings. The molecular formula is C11H13Cl2FN2. The summed E-state index contributed by atoms with van der Waals surface area (Å²) in [6.45, 7) is 0. The molecule has 0 bridgehead atoms. The SMILES string of the molecule is Fc1cc(Cl)cnc1NC1CCC(Cl)CC1. The van der Waals surface area contributed by atoms with Gasteiger partial charge in [0.2, 0.25) is 0 Å². The highest BCUT2D eigenvalue weighted by molar-refractivity contribution is 6.30. The van der Waals surface area contributed by atoms with Crippen LogP contribution in [-0.4, -0.2) is 16.4 Å². The van der Waals surface area contributed by atoms with Crippen LogP contribution >= 0.6 is 23.2 Å². The number of rotatable bonds is 2. The van der Waals surface area contributed by atoms with Crippen molar-refractivity contribution < 1.29 is 4.39 Å². The van der Waals surface area contributed by atoms with Gasteiger partial charge in [-0.05, 0) is 31.7 Å². The predicted molar refractivity (Wildman–Crippen MR) is 64.7 cm³/mol. The Morgan fingerprint density at radius 2 is 2.00 bits per heavy atom. The highest BCUT2D eigenvalue weighted by atomic mass is 35.5. The molecule has 16 heavy (non-hydrogen) atoms. The van der Waals surface area contributed by atoms with E-state index in [4.69, 9.17) is 23.2 Å². The van der Waals surface area contributed by atoms with Crippen LogP contribution in [0.1, 0.15) is 25.7 Å². The Balaban J connectivity index is 1.98. The number of hydrogen-bond acceptors (Lipinski definition) is 2. The molecule has 1 saturated carbocycles. The summed E-state index contributed by atoms with van der Waals surface area (Å²) in [4.78, 5) is 3.94. The molecule has 5 heteroatoms. The van der Waals surface area contributed by atoms with Gasteiger partial charge >= 0.3 is 0 Å². The van der Waals surface area contributed by atoms with Crippen LogP contribution in [0.2, 0.25) is 5.02 Å². The normalized spacial score (nSPS) is 25.4. The second-order valence-corrected chi connectivity index (χ2v) is 5.13. The summed E-state index contributed by atoms with van der Waals surface area (Å²) >= 11 is 11.6. The Morgan fingerprint density at radius 1 is 1.31 bits per heavy atom. The minimum absolute atomic E-state index is 0.262. The molecule has 0 amide bonds. The third kappa shape index (κ3) is 2.98. The number of nitrogens with one attached hydrogen (secondary N) is 1. The van der Waals surface area contributed by atoms with Gasteiger partial charge in [0.25, 0.3) is 0 Å². The van der Waals surface area contributed by atoms with Gasteiger partial charge in [-0.15, -0.1) is 11.6 Å². The summed E-state index contributed by atoms with van der Waals surface area (Å²) in [6, 6.07) is 1.53. The molecule has 0 spiro atoms. The molecule has 0 saturated heterocycles. The fraction of sp³-hybridized carbons (Fsp3) is 0.545. The molecule has 1 heterocycles. The number of alkyl halides is 1. The lowest BCUT2D eigenvalue weighted by molar-refractivity contribution is 0.465. The van der Waals surface area contributed by atoms with E-state index in [2.05, 4.69) is 10.3 Å². The largest absolute Gasteiger partial charge is 0.365 e. The molecule has 1 N–H and O–H groups in total. The van der Waals surface area contributed by atoms with Crippen LogP contribution in [0.25, 0.3) is 0 Å².